The number of non-ortho nitro benzene ring substituents is 1. The predicted molar refractivity (Wildman–Crippen MR) is 76.3 cm³/mol. The Morgan fingerprint density at radius 2 is 2.16 bits per heavy atom. The molecule has 1 aromatic rings. The molecule has 0 heterocycles. The fourth-order valence-electron chi connectivity index (χ4n) is 2.69. The monoisotopic (exact) mass is 282 g/mol. The first-order valence-electron chi connectivity index (χ1n) is 6.65. The van der Waals surface area contributed by atoms with Gasteiger partial charge < -0.3 is 5.32 Å². The first kappa shape index (κ1) is 14.3. The molecule has 0 amide bonds. The smallest absolute Gasteiger partial charge is 0.270 e. The molecule has 1 aliphatic rings. The van der Waals surface area contributed by atoms with Crippen LogP contribution in [0.1, 0.15) is 32.3 Å². The van der Waals surface area contributed by atoms with Gasteiger partial charge in [-0.25, -0.2) is 0 Å². The summed E-state index contributed by atoms with van der Waals surface area (Å²) in [7, 11) is 0. The van der Waals surface area contributed by atoms with Crippen LogP contribution in [0.3, 0.4) is 0 Å². The third-order valence-corrected chi connectivity index (χ3v) is 4.62. The Kier molecular flexibility index (Phi) is 4.42. The summed E-state index contributed by atoms with van der Waals surface area (Å²) in [5.74, 6) is 1.42. The number of hydrogen-bond acceptors (Lipinski definition) is 3. The standard InChI is InChI=1S/C14H19ClN2O2/c1-9-3-6-14(10(9)2)16-8-11-4-5-12(17(18)19)7-13(11)15/h4-5,7,9-10,14,16H,3,6,8H2,1-2H3. The molecule has 0 aromatic heterocycles. The van der Waals surface area contributed by atoms with Crippen LogP contribution in [0.2, 0.25) is 5.02 Å². The number of benzene rings is 1. The van der Waals surface area contributed by atoms with E-state index in [1.54, 1.807) is 6.07 Å². The molecule has 0 bridgehead atoms. The Morgan fingerprint density at radius 3 is 2.68 bits per heavy atom. The van der Waals surface area contributed by atoms with Crippen molar-refractivity contribution in [3.05, 3.63) is 38.9 Å². The Bertz CT molecular complexity index is 479. The maximum atomic E-state index is 10.6. The van der Waals surface area contributed by atoms with E-state index < -0.39 is 4.92 Å². The second-order valence-corrected chi connectivity index (χ2v) is 5.84. The second-order valence-electron chi connectivity index (χ2n) is 5.43. The fraction of sp³-hybridized carbons (Fsp3) is 0.571. The third kappa shape index (κ3) is 3.25. The highest BCUT2D eigenvalue weighted by Gasteiger charge is 2.29. The van der Waals surface area contributed by atoms with E-state index in [1.807, 2.05) is 0 Å². The van der Waals surface area contributed by atoms with Crippen LogP contribution in [0.15, 0.2) is 18.2 Å². The Balaban J connectivity index is 1.98. The molecule has 1 aliphatic carbocycles. The average molecular weight is 283 g/mol. The highest BCUT2D eigenvalue weighted by atomic mass is 35.5. The van der Waals surface area contributed by atoms with Crippen molar-refractivity contribution in [3.8, 4) is 0 Å². The SMILES string of the molecule is CC1CCC(NCc2ccc([N+](=O)[O-])cc2Cl)C1C. The summed E-state index contributed by atoms with van der Waals surface area (Å²) in [4.78, 5) is 10.2. The van der Waals surface area contributed by atoms with Crippen molar-refractivity contribution >= 4 is 17.3 Å². The van der Waals surface area contributed by atoms with Gasteiger partial charge in [0.1, 0.15) is 0 Å². The number of rotatable bonds is 4. The number of halogens is 1. The highest BCUT2D eigenvalue weighted by molar-refractivity contribution is 6.31. The lowest BCUT2D eigenvalue weighted by atomic mass is 9.97. The van der Waals surface area contributed by atoms with Crippen LogP contribution in [0, 0.1) is 22.0 Å². The molecule has 0 saturated heterocycles. The summed E-state index contributed by atoms with van der Waals surface area (Å²) in [6.07, 6.45) is 2.44. The number of hydrogen-bond donors (Lipinski definition) is 1. The lowest BCUT2D eigenvalue weighted by Gasteiger charge is -2.20. The molecule has 1 N–H and O–H groups in total. The third-order valence-electron chi connectivity index (χ3n) is 4.27. The van der Waals surface area contributed by atoms with E-state index in [2.05, 4.69) is 19.2 Å². The molecule has 104 valence electrons. The number of nitrogens with one attached hydrogen (secondary N) is 1. The maximum absolute atomic E-state index is 10.6. The van der Waals surface area contributed by atoms with E-state index in [9.17, 15) is 10.1 Å². The summed E-state index contributed by atoms with van der Waals surface area (Å²) in [5.41, 5.74) is 0.954. The van der Waals surface area contributed by atoms with Crippen molar-refractivity contribution in [2.24, 2.45) is 11.8 Å². The van der Waals surface area contributed by atoms with Gasteiger partial charge in [-0.2, -0.15) is 0 Å². The summed E-state index contributed by atoms with van der Waals surface area (Å²) in [6, 6.07) is 5.17. The largest absolute Gasteiger partial charge is 0.310 e. The minimum absolute atomic E-state index is 0.0385. The van der Waals surface area contributed by atoms with Crippen molar-refractivity contribution in [2.45, 2.75) is 39.3 Å². The van der Waals surface area contributed by atoms with Crippen LogP contribution in [-0.2, 0) is 6.54 Å². The summed E-state index contributed by atoms with van der Waals surface area (Å²) in [5, 5.41) is 14.6. The van der Waals surface area contributed by atoms with Gasteiger partial charge in [0, 0.05) is 24.7 Å². The van der Waals surface area contributed by atoms with Crippen molar-refractivity contribution in [2.75, 3.05) is 0 Å². The van der Waals surface area contributed by atoms with Gasteiger partial charge in [0.2, 0.25) is 0 Å². The van der Waals surface area contributed by atoms with Gasteiger partial charge in [-0.15, -0.1) is 0 Å². The highest BCUT2D eigenvalue weighted by Crippen LogP contribution is 2.31. The molecule has 0 aliphatic heterocycles. The molecule has 3 atom stereocenters. The van der Waals surface area contributed by atoms with Crippen LogP contribution in [0.4, 0.5) is 5.69 Å². The lowest BCUT2D eigenvalue weighted by molar-refractivity contribution is -0.384. The van der Waals surface area contributed by atoms with Crippen LogP contribution >= 0.6 is 11.6 Å². The van der Waals surface area contributed by atoms with Crippen molar-refractivity contribution < 1.29 is 4.92 Å². The quantitative estimate of drug-likeness (QED) is 0.675. The molecular weight excluding hydrogens is 264 g/mol. The van der Waals surface area contributed by atoms with Gasteiger partial charge in [-0.1, -0.05) is 25.4 Å². The second kappa shape index (κ2) is 5.88. The molecule has 1 saturated carbocycles. The summed E-state index contributed by atoms with van der Waals surface area (Å²) >= 11 is 6.08. The van der Waals surface area contributed by atoms with Crippen LogP contribution < -0.4 is 5.32 Å². The van der Waals surface area contributed by atoms with Gasteiger partial charge in [0.05, 0.1) is 9.95 Å². The fourth-order valence-corrected chi connectivity index (χ4v) is 2.93. The molecule has 19 heavy (non-hydrogen) atoms. The number of nitrogens with zero attached hydrogens (tertiary/aromatic N) is 1. The van der Waals surface area contributed by atoms with Crippen LogP contribution in [0.5, 0.6) is 0 Å². The zero-order chi connectivity index (χ0) is 14.0. The van der Waals surface area contributed by atoms with Gasteiger partial charge in [-0.3, -0.25) is 10.1 Å². The molecule has 1 fully saturated rings. The molecule has 1 aromatic carbocycles. The average Bonchev–Trinajstić information content (AvgIpc) is 2.68. The molecule has 3 unspecified atom stereocenters. The molecule has 4 nitrogen and oxygen atoms in total. The van der Waals surface area contributed by atoms with Crippen molar-refractivity contribution in [3.63, 3.8) is 0 Å². The summed E-state index contributed by atoms with van der Waals surface area (Å²) in [6.45, 7) is 5.22. The van der Waals surface area contributed by atoms with E-state index >= 15 is 0 Å². The van der Waals surface area contributed by atoms with E-state index in [0.717, 1.165) is 11.5 Å². The zero-order valence-electron chi connectivity index (χ0n) is 11.2. The zero-order valence-corrected chi connectivity index (χ0v) is 12.0. The first-order valence-corrected chi connectivity index (χ1v) is 7.03. The van der Waals surface area contributed by atoms with E-state index in [0.29, 0.717) is 23.5 Å². The predicted octanol–water partition coefficient (Wildman–Crippen LogP) is 3.77. The van der Waals surface area contributed by atoms with Crippen LogP contribution in [-0.4, -0.2) is 11.0 Å². The van der Waals surface area contributed by atoms with Crippen molar-refractivity contribution in [1.29, 1.82) is 0 Å². The van der Waals surface area contributed by atoms with Gasteiger partial charge >= 0.3 is 0 Å². The van der Waals surface area contributed by atoms with Gasteiger partial charge in [-0.05, 0) is 36.3 Å². The summed E-state index contributed by atoms with van der Waals surface area (Å²) < 4.78 is 0. The molecule has 5 heteroatoms. The Morgan fingerprint density at radius 1 is 1.42 bits per heavy atom. The van der Waals surface area contributed by atoms with Gasteiger partial charge in [0.25, 0.3) is 5.69 Å². The van der Waals surface area contributed by atoms with E-state index in [-0.39, 0.29) is 5.69 Å². The van der Waals surface area contributed by atoms with E-state index in [1.165, 1.54) is 25.0 Å². The molecule has 0 spiro atoms. The van der Waals surface area contributed by atoms with Gasteiger partial charge in [0.15, 0.2) is 0 Å². The Labute approximate surface area is 118 Å². The molecular formula is C14H19ClN2O2. The maximum Gasteiger partial charge on any atom is 0.270 e. The van der Waals surface area contributed by atoms with Crippen LogP contribution in [0.25, 0.3) is 0 Å². The van der Waals surface area contributed by atoms with E-state index in [4.69, 9.17) is 11.6 Å². The minimum atomic E-state index is -0.427. The lowest BCUT2D eigenvalue weighted by Crippen LogP contribution is -2.31. The normalized spacial score (nSPS) is 26.6. The first-order chi connectivity index (χ1) is 8.99. The minimum Gasteiger partial charge on any atom is -0.310 e. The number of nitro groups is 1. The topological polar surface area (TPSA) is 55.2 Å². The molecule has 0 radical (unpaired) electrons. The van der Waals surface area contributed by atoms with Crippen molar-refractivity contribution in [1.82, 2.24) is 5.32 Å². The Hall–Kier alpha value is -1.13. The molecule has 2 rings (SSSR count). The number of nitro benzene ring substituents is 1.